The molecule has 27 heavy (non-hydrogen) atoms. The Morgan fingerprint density at radius 1 is 1.15 bits per heavy atom. The van der Waals surface area contributed by atoms with Gasteiger partial charge in [-0.1, -0.05) is 0 Å². The van der Waals surface area contributed by atoms with E-state index in [1.165, 1.54) is 16.7 Å². The third-order valence-electron chi connectivity index (χ3n) is 4.93. The van der Waals surface area contributed by atoms with E-state index >= 15 is 0 Å². The maximum Gasteiger partial charge on any atom is 0.269 e. The van der Waals surface area contributed by atoms with E-state index < -0.39 is 5.56 Å². The Hall–Kier alpha value is -3.14. The zero-order valence-electron chi connectivity index (χ0n) is 15.4. The van der Waals surface area contributed by atoms with Crippen molar-refractivity contribution in [1.82, 2.24) is 9.47 Å². The second-order valence-electron chi connectivity index (χ2n) is 6.69. The molecule has 1 aliphatic heterocycles. The fraction of sp³-hybridized carbons (Fsp3) is 0.350. The molecule has 1 aromatic heterocycles. The minimum Gasteiger partial charge on any atom is -0.368 e. The molecule has 140 valence electrons. The maximum atomic E-state index is 13.1. The molecule has 7 heteroatoms. The van der Waals surface area contributed by atoms with E-state index in [1.54, 1.807) is 36.9 Å². The molecule has 1 aromatic carbocycles. The van der Waals surface area contributed by atoms with Crippen molar-refractivity contribution >= 4 is 11.6 Å². The van der Waals surface area contributed by atoms with Crippen molar-refractivity contribution in [1.29, 1.82) is 5.26 Å². The number of anilines is 1. The Bertz CT molecular complexity index is 952. The fourth-order valence-electron chi connectivity index (χ4n) is 3.36. The lowest BCUT2D eigenvalue weighted by molar-refractivity contribution is -0.132. The van der Waals surface area contributed by atoms with E-state index in [2.05, 4.69) is 4.90 Å². The molecule has 0 atom stereocenters. The van der Waals surface area contributed by atoms with Gasteiger partial charge < -0.3 is 14.4 Å². The van der Waals surface area contributed by atoms with E-state index in [0.29, 0.717) is 37.4 Å². The molecule has 0 unspecified atom stereocenters. The summed E-state index contributed by atoms with van der Waals surface area (Å²) >= 11 is 0. The monoisotopic (exact) mass is 368 g/mol. The van der Waals surface area contributed by atoms with Crippen molar-refractivity contribution in [3.05, 3.63) is 63.3 Å². The number of carbonyl (C=O) groups excluding carboxylic acids is 1. The third-order valence-corrected chi connectivity index (χ3v) is 4.93. The number of benzene rings is 1. The van der Waals surface area contributed by atoms with Crippen LogP contribution in [0, 0.1) is 31.0 Å². The number of rotatable bonds is 3. The second kappa shape index (κ2) is 7.62. The van der Waals surface area contributed by atoms with Gasteiger partial charge in [-0.2, -0.15) is 5.26 Å². The molecule has 2 aromatic rings. The van der Waals surface area contributed by atoms with Crippen LogP contribution in [0.2, 0.25) is 0 Å². The van der Waals surface area contributed by atoms with Crippen LogP contribution in [0.1, 0.15) is 16.8 Å². The average molecular weight is 368 g/mol. The lowest BCUT2D eigenvalue weighted by Gasteiger charge is -2.36. The van der Waals surface area contributed by atoms with Gasteiger partial charge in [-0.15, -0.1) is 0 Å². The lowest BCUT2D eigenvalue weighted by Crippen LogP contribution is -2.50. The molecule has 0 saturated carbocycles. The van der Waals surface area contributed by atoms with E-state index in [9.17, 15) is 14.0 Å². The summed E-state index contributed by atoms with van der Waals surface area (Å²) in [6.07, 6.45) is 0. The number of pyridine rings is 1. The first kappa shape index (κ1) is 18.6. The second-order valence-corrected chi connectivity index (χ2v) is 6.69. The molecule has 6 nitrogen and oxygen atoms in total. The predicted octanol–water partition coefficient (Wildman–Crippen LogP) is 1.82. The molecular weight excluding hydrogens is 347 g/mol. The number of hydrogen-bond acceptors (Lipinski definition) is 4. The summed E-state index contributed by atoms with van der Waals surface area (Å²) in [5.41, 5.74) is 1.86. The normalized spacial score (nSPS) is 14.1. The van der Waals surface area contributed by atoms with Crippen LogP contribution in [0.5, 0.6) is 0 Å². The smallest absolute Gasteiger partial charge is 0.269 e. The summed E-state index contributed by atoms with van der Waals surface area (Å²) in [6.45, 7) is 5.74. The highest BCUT2D eigenvalue weighted by molar-refractivity contribution is 5.76. The maximum absolute atomic E-state index is 13.1. The quantitative estimate of drug-likeness (QED) is 0.829. The van der Waals surface area contributed by atoms with Gasteiger partial charge in [0.1, 0.15) is 24.0 Å². The topological polar surface area (TPSA) is 69.3 Å². The van der Waals surface area contributed by atoms with Gasteiger partial charge in [0.15, 0.2) is 0 Å². The van der Waals surface area contributed by atoms with Crippen LogP contribution in [-0.2, 0) is 11.3 Å². The van der Waals surface area contributed by atoms with Gasteiger partial charge >= 0.3 is 0 Å². The molecule has 0 bridgehead atoms. The van der Waals surface area contributed by atoms with Gasteiger partial charge in [-0.25, -0.2) is 4.39 Å². The fourth-order valence-corrected chi connectivity index (χ4v) is 3.36. The first-order valence-electron chi connectivity index (χ1n) is 8.80. The largest absolute Gasteiger partial charge is 0.368 e. The first-order chi connectivity index (χ1) is 12.9. The van der Waals surface area contributed by atoms with Gasteiger partial charge in [-0.05, 0) is 49.7 Å². The van der Waals surface area contributed by atoms with Gasteiger partial charge in [0.2, 0.25) is 5.91 Å². The summed E-state index contributed by atoms with van der Waals surface area (Å²) in [5.74, 6) is -0.421. The number of aryl methyl sites for hydroxylation is 2. The van der Waals surface area contributed by atoms with E-state index in [1.807, 2.05) is 6.07 Å². The van der Waals surface area contributed by atoms with Crippen molar-refractivity contribution in [2.24, 2.45) is 0 Å². The summed E-state index contributed by atoms with van der Waals surface area (Å²) in [7, 11) is 0. The van der Waals surface area contributed by atoms with Crippen molar-refractivity contribution in [2.75, 3.05) is 31.1 Å². The van der Waals surface area contributed by atoms with Crippen LogP contribution in [-0.4, -0.2) is 41.6 Å². The van der Waals surface area contributed by atoms with Gasteiger partial charge in [-0.3, -0.25) is 9.59 Å². The van der Waals surface area contributed by atoms with E-state index in [-0.39, 0.29) is 23.8 Å². The molecule has 2 heterocycles. The van der Waals surface area contributed by atoms with Crippen LogP contribution < -0.4 is 10.5 Å². The Morgan fingerprint density at radius 2 is 1.78 bits per heavy atom. The zero-order valence-corrected chi connectivity index (χ0v) is 15.4. The average Bonchev–Trinajstić information content (AvgIpc) is 2.66. The summed E-state index contributed by atoms with van der Waals surface area (Å²) in [4.78, 5) is 28.9. The van der Waals surface area contributed by atoms with Crippen molar-refractivity contribution < 1.29 is 9.18 Å². The number of halogens is 1. The van der Waals surface area contributed by atoms with Crippen LogP contribution >= 0.6 is 0 Å². The third kappa shape index (κ3) is 3.85. The van der Waals surface area contributed by atoms with Gasteiger partial charge in [0.25, 0.3) is 5.56 Å². The highest BCUT2D eigenvalue weighted by Crippen LogP contribution is 2.17. The molecule has 1 fully saturated rings. The van der Waals surface area contributed by atoms with E-state index in [0.717, 1.165) is 5.69 Å². The number of aromatic nitrogens is 1. The van der Waals surface area contributed by atoms with Crippen LogP contribution in [0.25, 0.3) is 0 Å². The Labute approximate surface area is 157 Å². The number of carbonyl (C=O) groups is 1. The van der Waals surface area contributed by atoms with Crippen molar-refractivity contribution in [3.8, 4) is 6.07 Å². The summed E-state index contributed by atoms with van der Waals surface area (Å²) in [6, 6.07) is 9.97. The number of amides is 1. The molecule has 1 aliphatic rings. The number of piperazine rings is 1. The first-order valence-corrected chi connectivity index (χ1v) is 8.80. The SMILES string of the molecule is Cc1cc(C)n(CC(=O)N2CCN(c3ccc(F)cc3)CC2)c(=O)c1C#N. The van der Waals surface area contributed by atoms with Crippen LogP contribution in [0.4, 0.5) is 10.1 Å². The molecule has 1 amide bonds. The Balaban J connectivity index is 1.68. The number of nitrogens with zero attached hydrogens (tertiary/aromatic N) is 4. The Morgan fingerprint density at radius 3 is 2.37 bits per heavy atom. The number of hydrogen-bond donors (Lipinski definition) is 0. The minimum atomic E-state index is -0.423. The predicted molar refractivity (Wildman–Crippen MR) is 100 cm³/mol. The van der Waals surface area contributed by atoms with Crippen LogP contribution in [0.3, 0.4) is 0 Å². The summed E-state index contributed by atoms with van der Waals surface area (Å²) in [5, 5.41) is 9.16. The van der Waals surface area contributed by atoms with E-state index in [4.69, 9.17) is 5.26 Å². The lowest BCUT2D eigenvalue weighted by atomic mass is 10.1. The van der Waals surface area contributed by atoms with Crippen LogP contribution in [0.15, 0.2) is 35.1 Å². The van der Waals surface area contributed by atoms with Crippen molar-refractivity contribution in [2.45, 2.75) is 20.4 Å². The summed E-state index contributed by atoms with van der Waals surface area (Å²) < 4.78 is 14.4. The molecule has 1 saturated heterocycles. The minimum absolute atomic E-state index is 0.0732. The number of nitriles is 1. The zero-order chi connectivity index (χ0) is 19.6. The molecule has 0 aliphatic carbocycles. The Kier molecular flexibility index (Phi) is 5.26. The highest BCUT2D eigenvalue weighted by Gasteiger charge is 2.22. The molecular formula is C20H21FN4O2. The van der Waals surface area contributed by atoms with Gasteiger partial charge in [0.05, 0.1) is 0 Å². The highest BCUT2D eigenvalue weighted by atomic mass is 19.1. The standard InChI is InChI=1S/C20H21FN4O2/c1-14-11-15(2)25(20(27)18(14)12-22)13-19(26)24-9-7-23(8-10-24)17-5-3-16(21)4-6-17/h3-6,11H,7-10,13H2,1-2H3. The molecule has 0 spiro atoms. The molecule has 3 rings (SSSR count). The van der Waals surface area contributed by atoms with Crippen molar-refractivity contribution in [3.63, 3.8) is 0 Å². The molecule has 0 N–H and O–H groups in total. The molecule has 0 radical (unpaired) electrons. The van der Waals surface area contributed by atoms with Gasteiger partial charge in [0, 0.05) is 37.6 Å².